The molecule has 0 saturated heterocycles. The smallest absolute Gasteiger partial charge is 0.333 e. The van der Waals surface area contributed by atoms with Crippen LogP contribution in [0, 0.1) is 17.0 Å². The molecule has 21 heavy (non-hydrogen) atoms. The van der Waals surface area contributed by atoms with Gasteiger partial charge in [-0.05, 0) is 26.0 Å². The maximum Gasteiger partial charge on any atom is 0.333 e. The minimum atomic E-state index is -0.423. The van der Waals surface area contributed by atoms with E-state index in [1.165, 1.54) is 4.68 Å². The summed E-state index contributed by atoms with van der Waals surface area (Å²) < 4.78 is 7.20. The normalized spacial score (nSPS) is 12.0. The van der Waals surface area contributed by atoms with Gasteiger partial charge in [0.15, 0.2) is 0 Å². The summed E-state index contributed by atoms with van der Waals surface area (Å²) in [5, 5.41) is 18.2. The van der Waals surface area contributed by atoms with Crippen LogP contribution in [-0.2, 0) is 7.05 Å². The van der Waals surface area contributed by atoms with Gasteiger partial charge in [-0.1, -0.05) is 18.2 Å². The summed E-state index contributed by atoms with van der Waals surface area (Å²) in [7, 11) is 1.67. The zero-order chi connectivity index (χ0) is 15.4. The summed E-state index contributed by atoms with van der Waals surface area (Å²) in [5.41, 5.74) is 0.394. The zero-order valence-electron chi connectivity index (χ0n) is 12.2. The maximum absolute atomic E-state index is 11.1. The Balaban J connectivity index is 2.01. The van der Waals surface area contributed by atoms with Crippen LogP contribution in [0.2, 0.25) is 0 Å². The van der Waals surface area contributed by atoms with E-state index in [4.69, 9.17) is 4.74 Å². The van der Waals surface area contributed by atoms with Gasteiger partial charge in [-0.2, -0.15) is 5.10 Å². The summed E-state index contributed by atoms with van der Waals surface area (Å²) in [4.78, 5) is 10.6. The van der Waals surface area contributed by atoms with Crippen molar-refractivity contribution in [2.45, 2.75) is 20.0 Å². The molecular formula is C14H18N4O3. The highest BCUT2D eigenvalue weighted by atomic mass is 16.6. The quantitative estimate of drug-likeness (QED) is 0.653. The van der Waals surface area contributed by atoms with Crippen LogP contribution in [0.5, 0.6) is 5.75 Å². The molecule has 0 aliphatic heterocycles. The van der Waals surface area contributed by atoms with Crippen molar-refractivity contribution < 1.29 is 9.66 Å². The fraction of sp³-hybridized carbons (Fsp3) is 0.357. The largest absolute Gasteiger partial charge is 0.489 e. The van der Waals surface area contributed by atoms with Crippen molar-refractivity contribution in [3.8, 4) is 5.75 Å². The van der Waals surface area contributed by atoms with Crippen molar-refractivity contribution in [2.24, 2.45) is 7.05 Å². The molecule has 0 radical (unpaired) electrons. The van der Waals surface area contributed by atoms with Gasteiger partial charge in [0.2, 0.25) is 5.82 Å². The molecule has 1 heterocycles. The molecule has 1 aromatic carbocycles. The van der Waals surface area contributed by atoms with E-state index in [9.17, 15) is 10.1 Å². The second-order valence-electron chi connectivity index (χ2n) is 4.79. The van der Waals surface area contributed by atoms with E-state index in [1.54, 1.807) is 14.0 Å². The van der Waals surface area contributed by atoms with Gasteiger partial charge in [-0.25, -0.2) is 4.68 Å². The number of hydrogen-bond acceptors (Lipinski definition) is 5. The van der Waals surface area contributed by atoms with Gasteiger partial charge in [0.05, 0.1) is 11.5 Å². The highest BCUT2D eigenvalue weighted by Crippen LogP contribution is 2.27. The van der Waals surface area contributed by atoms with Crippen LogP contribution in [0.25, 0.3) is 0 Å². The Kier molecular flexibility index (Phi) is 4.42. The van der Waals surface area contributed by atoms with Crippen molar-refractivity contribution in [3.63, 3.8) is 0 Å². The van der Waals surface area contributed by atoms with Crippen LogP contribution in [0.4, 0.5) is 11.5 Å². The molecule has 7 heteroatoms. The first-order valence-electron chi connectivity index (χ1n) is 6.62. The third-order valence-corrected chi connectivity index (χ3v) is 3.01. The first-order chi connectivity index (χ1) is 9.99. The number of nitrogens with one attached hydrogen (secondary N) is 1. The van der Waals surface area contributed by atoms with Crippen LogP contribution in [-0.4, -0.2) is 27.4 Å². The molecule has 0 aliphatic carbocycles. The molecule has 0 amide bonds. The van der Waals surface area contributed by atoms with Crippen molar-refractivity contribution in [1.82, 2.24) is 9.78 Å². The third-order valence-electron chi connectivity index (χ3n) is 3.01. The summed E-state index contributed by atoms with van der Waals surface area (Å²) in [6.07, 6.45) is -0.137. The number of aromatic nitrogens is 2. The van der Waals surface area contributed by atoms with E-state index >= 15 is 0 Å². The molecule has 1 N–H and O–H groups in total. The number of nitro groups is 1. The lowest BCUT2D eigenvalue weighted by Gasteiger charge is -2.15. The zero-order valence-corrected chi connectivity index (χ0v) is 12.2. The Morgan fingerprint density at radius 1 is 1.43 bits per heavy atom. The standard InChI is InChI=1S/C14H18N4O3/c1-10(21-12-7-5-4-6-8-12)9-15-14-13(18(19)20)11(2)16-17(14)3/h4-8,10,15H,9H2,1-3H3. The van der Waals surface area contributed by atoms with E-state index in [0.717, 1.165) is 5.75 Å². The molecule has 0 bridgehead atoms. The molecular weight excluding hydrogens is 272 g/mol. The lowest BCUT2D eigenvalue weighted by Crippen LogP contribution is -2.23. The Labute approximate surface area is 122 Å². The van der Waals surface area contributed by atoms with Crippen LogP contribution >= 0.6 is 0 Å². The predicted molar refractivity (Wildman–Crippen MR) is 79.6 cm³/mol. The molecule has 0 fully saturated rings. The number of anilines is 1. The van der Waals surface area contributed by atoms with Crippen LogP contribution in [0.3, 0.4) is 0 Å². The summed E-state index contributed by atoms with van der Waals surface area (Å²) in [6.45, 7) is 3.96. The van der Waals surface area contributed by atoms with Crippen LogP contribution in [0.1, 0.15) is 12.6 Å². The molecule has 1 aromatic heterocycles. The fourth-order valence-corrected chi connectivity index (χ4v) is 2.08. The van der Waals surface area contributed by atoms with Gasteiger partial charge in [-0.15, -0.1) is 0 Å². The summed E-state index contributed by atoms with van der Waals surface area (Å²) in [5.74, 6) is 1.16. The SMILES string of the molecule is Cc1nn(C)c(NCC(C)Oc2ccccc2)c1[N+](=O)[O-]. The Morgan fingerprint density at radius 2 is 2.10 bits per heavy atom. The molecule has 2 rings (SSSR count). The van der Waals surface area contributed by atoms with Crippen molar-refractivity contribution in [1.29, 1.82) is 0 Å². The summed E-state index contributed by atoms with van der Waals surface area (Å²) in [6, 6.07) is 9.44. The van der Waals surface area contributed by atoms with Gasteiger partial charge in [0.25, 0.3) is 0 Å². The van der Waals surface area contributed by atoms with Gasteiger partial charge < -0.3 is 10.1 Å². The lowest BCUT2D eigenvalue weighted by atomic mass is 10.3. The van der Waals surface area contributed by atoms with E-state index in [0.29, 0.717) is 18.1 Å². The average Bonchev–Trinajstić information content (AvgIpc) is 2.72. The number of rotatable bonds is 6. The van der Waals surface area contributed by atoms with E-state index < -0.39 is 4.92 Å². The minimum Gasteiger partial charge on any atom is -0.489 e. The van der Waals surface area contributed by atoms with Crippen LogP contribution in [0.15, 0.2) is 30.3 Å². The monoisotopic (exact) mass is 290 g/mol. The van der Waals surface area contributed by atoms with Crippen molar-refractivity contribution in [2.75, 3.05) is 11.9 Å². The number of aryl methyl sites for hydroxylation is 2. The number of ether oxygens (including phenoxy) is 1. The van der Waals surface area contributed by atoms with Crippen LogP contribution < -0.4 is 10.1 Å². The first-order valence-corrected chi connectivity index (χ1v) is 6.62. The lowest BCUT2D eigenvalue weighted by molar-refractivity contribution is -0.384. The minimum absolute atomic E-state index is 0.00408. The number of hydrogen-bond donors (Lipinski definition) is 1. The highest BCUT2D eigenvalue weighted by Gasteiger charge is 2.24. The molecule has 1 unspecified atom stereocenters. The molecule has 2 aromatic rings. The Morgan fingerprint density at radius 3 is 2.71 bits per heavy atom. The average molecular weight is 290 g/mol. The van der Waals surface area contributed by atoms with E-state index in [-0.39, 0.29) is 11.8 Å². The van der Waals surface area contributed by atoms with Gasteiger partial charge in [-0.3, -0.25) is 10.1 Å². The van der Waals surface area contributed by atoms with Crippen molar-refractivity contribution >= 4 is 11.5 Å². The molecule has 0 aliphatic rings. The molecule has 0 saturated carbocycles. The first kappa shape index (κ1) is 14.8. The van der Waals surface area contributed by atoms with Gasteiger partial charge in [0.1, 0.15) is 17.5 Å². The molecule has 7 nitrogen and oxygen atoms in total. The topological polar surface area (TPSA) is 82.2 Å². The summed E-state index contributed by atoms with van der Waals surface area (Å²) >= 11 is 0. The third kappa shape index (κ3) is 3.50. The number of nitrogens with zero attached hydrogens (tertiary/aromatic N) is 3. The number of para-hydroxylation sites is 1. The number of benzene rings is 1. The van der Waals surface area contributed by atoms with Crippen molar-refractivity contribution in [3.05, 3.63) is 46.1 Å². The van der Waals surface area contributed by atoms with E-state index in [1.807, 2.05) is 37.3 Å². The Bertz CT molecular complexity index is 625. The molecule has 0 spiro atoms. The van der Waals surface area contributed by atoms with Gasteiger partial charge in [0, 0.05) is 7.05 Å². The predicted octanol–water partition coefficient (Wildman–Crippen LogP) is 2.52. The van der Waals surface area contributed by atoms with E-state index in [2.05, 4.69) is 10.4 Å². The van der Waals surface area contributed by atoms with Gasteiger partial charge >= 0.3 is 5.69 Å². The molecule has 1 atom stereocenters. The second kappa shape index (κ2) is 6.25. The maximum atomic E-state index is 11.1. The highest BCUT2D eigenvalue weighted by molar-refractivity contribution is 5.59. The Hall–Kier alpha value is -2.57. The molecule has 112 valence electrons. The second-order valence-corrected chi connectivity index (χ2v) is 4.79. The fourth-order valence-electron chi connectivity index (χ4n) is 2.08.